The van der Waals surface area contributed by atoms with E-state index in [0.717, 1.165) is 53.7 Å². The molecule has 3 aromatic carbocycles. The first-order valence-electron chi connectivity index (χ1n) is 20.2. The van der Waals surface area contributed by atoms with Crippen LogP contribution in [-0.2, 0) is 4.74 Å². The van der Waals surface area contributed by atoms with Crippen LogP contribution in [0.1, 0.15) is 12.8 Å². The Morgan fingerprint density at radius 1 is 0.364 bits per heavy atom. The molecule has 1 nitrogen and oxygen atoms in total. The van der Waals surface area contributed by atoms with Crippen molar-refractivity contribution in [1.82, 2.24) is 0 Å². The van der Waals surface area contributed by atoms with E-state index in [4.69, 9.17) is 4.74 Å². The topological polar surface area (TPSA) is 9.23 Å². The quantitative estimate of drug-likeness (QED) is 0.130. The van der Waals surface area contributed by atoms with Crippen molar-refractivity contribution >= 4 is 108 Å². The van der Waals surface area contributed by atoms with E-state index in [1.54, 1.807) is 15.9 Å². The van der Waals surface area contributed by atoms with Crippen molar-refractivity contribution in [3.63, 3.8) is 0 Å². The summed E-state index contributed by atoms with van der Waals surface area (Å²) in [4.78, 5) is 3.01. The minimum absolute atomic E-state index is 0. The van der Waals surface area contributed by atoms with Crippen molar-refractivity contribution in [1.29, 1.82) is 0 Å². The third kappa shape index (κ3) is 25.7. The Labute approximate surface area is 377 Å². The van der Waals surface area contributed by atoms with E-state index in [9.17, 15) is 0 Å². The summed E-state index contributed by atoms with van der Waals surface area (Å²) < 4.78 is 4.94. The van der Waals surface area contributed by atoms with Gasteiger partial charge in [-0.25, -0.2) is 0 Å². The van der Waals surface area contributed by atoms with Gasteiger partial charge in [0.15, 0.2) is 0 Å². The van der Waals surface area contributed by atoms with Crippen LogP contribution in [0.15, 0.2) is 91.0 Å². The molecule has 55 heavy (non-hydrogen) atoms. The van der Waals surface area contributed by atoms with Crippen LogP contribution in [-0.4, -0.2) is 94.0 Å². The van der Waals surface area contributed by atoms with E-state index >= 15 is 0 Å². The minimum atomic E-state index is -1.03. The molecule has 3 atom stereocenters. The van der Waals surface area contributed by atoms with Gasteiger partial charge in [-0.1, -0.05) is 235 Å². The molecule has 0 saturated carbocycles. The van der Waals surface area contributed by atoms with E-state index < -0.39 is 48.4 Å². The first kappa shape index (κ1) is 58.4. The van der Waals surface area contributed by atoms with Gasteiger partial charge < -0.3 is 4.74 Å². The molecule has 0 aliphatic carbocycles. The Morgan fingerprint density at radius 2 is 0.545 bits per heavy atom. The molecular formula is C43H83GeLiOP3Si6+. The zero-order valence-electron chi connectivity index (χ0n) is 39.1. The van der Waals surface area contributed by atoms with Gasteiger partial charge in [-0.2, -0.15) is 0 Å². The Morgan fingerprint density at radius 3 is 0.673 bits per heavy atom. The largest absolute Gasteiger partial charge is 1.00 e. The van der Waals surface area contributed by atoms with Crippen molar-refractivity contribution in [2.24, 2.45) is 0 Å². The molecule has 304 valence electrons. The molecule has 4 rings (SSSR count). The molecule has 0 aromatic heterocycles. The molecule has 1 heterocycles. The van der Waals surface area contributed by atoms with Crippen molar-refractivity contribution in [3.8, 4) is 0 Å². The third-order valence-electron chi connectivity index (χ3n) is 9.28. The molecule has 1 aliphatic heterocycles. The van der Waals surface area contributed by atoms with Crippen molar-refractivity contribution in [2.45, 2.75) is 145 Å². The standard InChI is InChI=1S/3C13H25PSi2.C4H8O.Ge.Li/c3*1-15(2,3)13(16(4,5)6)14-12-10-8-7-9-11-12;1-2-4-5-3-1;;/h3*7-11,13-14H,1-6H3;1-4H2;;/q;;;;;+1. The summed E-state index contributed by atoms with van der Waals surface area (Å²) in [7, 11) is -3.12. The van der Waals surface area contributed by atoms with E-state index in [0.29, 0.717) is 0 Å². The Bertz CT molecular complexity index is 1180. The molecule has 0 bridgehead atoms. The summed E-state index contributed by atoms with van der Waals surface area (Å²) in [5.41, 5.74) is 0. The summed E-state index contributed by atoms with van der Waals surface area (Å²) in [5, 5.41) is 4.66. The molecule has 0 N–H and O–H groups in total. The van der Waals surface area contributed by atoms with Gasteiger partial charge in [0.25, 0.3) is 0 Å². The molecule has 3 aromatic rings. The van der Waals surface area contributed by atoms with Gasteiger partial charge in [-0.05, 0) is 43.5 Å². The van der Waals surface area contributed by atoms with Crippen LogP contribution in [0, 0.1) is 0 Å². The maximum Gasteiger partial charge on any atom is 1.00 e. The fourth-order valence-corrected chi connectivity index (χ4v) is 54.5. The summed E-state index contributed by atoms with van der Waals surface area (Å²) >= 11 is 0. The van der Waals surface area contributed by atoms with Gasteiger partial charge >= 0.3 is 18.9 Å². The summed E-state index contributed by atoms with van der Waals surface area (Å²) in [5.74, 6) is 0. The first-order valence-corrected chi connectivity index (χ1v) is 44.9. The van der Waals surface area contributed by atoms with Gasteiger partial charge in [0.2, 0.25) is 0 Å². The average Bonchev–Trinajstić information content (AvgIpc) is 3.61. The predicted molar refractivity (Wildman–Crippen MR) is 280 cm³/mol. The van der Waals surface area contributed by atoms with E-state index in [1.807, 2.05) is 0 Å². The zero-order chi connectivity index (χ0) is 40.7. The van der Waals surface area contributed by atoms with E-state index in [1.165, 1.54) is 12.8 Å². The number of hydrogen-bond donors (Lipinski definition) is 0. The zero-order valence-corrected chi connectivity index (χ0v) is 50.2. The molecule has 0 spiro atoms. The Kier molecular flexibility index (Phi) is 28.3. The van der Waals surface area contributed by atoms with Crippen LogP contribution >= 0.6 is 25.7 Å². The maximum atomic E-state index is 4.94. The first-order chi connectivity index (χ1) is 24.1. The van der Waals surface area contributed by atoms with Crippen molar-refractivity contribution in [2.75, 3.05) is 13.2 Å². The van der Waals surface area contributed by atoms with Crippen LogP contribution in [0.25, 0.3) is 0 Å². The third-order valence-corrected chi connectivity index (χ3v) is 56.3. The van der Waals surface area contributed by atoms with Gasteiger partial charge in [-0.15, -0.1) is 0 Å². The molecule has 3 unspecified atom stereocenters. The number of ether oxygens (including phenoxy) is 1. The number of rotatable bonds is 12. The van der Waals surface area contributed by atoms with Gasteiger partial charge in [0.1, 0.15) is 0 Å². The maximum absolute atomic E-state index is 4.94. The molecule has 12 heteroatoms. The van der Waals surface area contributed by atoms with Gasteiger partial charge in [-0.3, -0.25) is 0 Å². The van der Waals surface area contributed by atoms with Crippen molar-refractivity contribution < 1.29 is 23.6 Å². The normalized spacial score (nSPS) is 14.3. The smallest absolute Gasteiger partial charge is 0.381 e. The molecule has 0 amide bonds. The fraction of sp³-hybridized carbons (Fsp3) is 0.581. The average molecular weight is 957 g/mol. The molecule has 1 saturated heterocycles. The monoisotopic (exact) mass is 957 g/mol. The summed E-state index contributed by atoms with van der Waals surface area (Å²) in [6, 6.07) is 33.2. The van der Waals surface area contributed by atoms with Crippen LogP contribution in [0.2, 0.25) is 118 Å². The SMILES string of the molecule is C1CCOC1.C[Si](C)(C)C(Pc1ccccc1)[Si](C)(C)C.C[Si](C)(C)C(Pc1ccccc1)[Si](C)(C)C.C[Si](C)(C)C(Pc1ccccc1)[Si](C)(C)C.[Ge].[Li+]. The molecule has 4 radical (unpaired) electrons. The molecule has 1 aliphatic rings. The van der Waals surface area contributed by atoms with Crippen LogP contribution in [0.5, 0.6) is 0 Å². The van der Waals surface area contributed by atoms with Gasteiger partial charge in [0.05, 0.1) is 0 Å². The molecule has 1 fully saturated rings. The summed E-state index contributed by atoms with van der Waals surface area (Å²) in [6.45, 7) is 47.6. The van der Waals surface area contributed by atoms with E-state index in [-0.39, 0.29) is 36.5 Å². The van der Waals surface area contributed by atoms with E-state index in [2.05, 4.69) is 209 Å². The van der Waals surface area contributed by atoms with Crippen LogP contribution < -0.4 is 34.8 Å². The second-order valence-electron chi connectivity index (χ2n) is 21.3. The van der Waals surface area contributed by atoms with Crippen molar-refractivity contribution in [3.05, 3.63) is 91.0 Å². The fourth-order valence-electron chi connectivity index (χ4n) is 7.81. The minimum Gasteiger partial charge on any atom is -0.381 e. The van der Waals surface area contributed by atoms with Crippen LogP contribution in [0.3, 0.4) is 0 Å². The van der Waals surface area contributed by atoms with Gasteiger partial charge in [0, 0.05) is 79.3 Å². The number of hydrogen-bond acceptors (Lipinski definition) is 1. The summed E-state index contributed by atoms with van der Waals surface area (Å²) in [6.07, 6.45) is 2.56. The predicted octanol–water partition coefficient (Wildman–Crippen LogP) is 9.76. The Hall–Kier alpha value is 1.35. The van der Waals surface area contributed by atoms with Crippen LogP contribution in [0.4, 0.5) is 0 Å². The molecular weight excluding hydrogens is 873 g/mol. The second-order valence-corrected chi connectivity index (χ2v) is 62.7. The Balaban J connectivity index is 0. The number of benzene rings is 3. The second kappa shape index (κ2) is 26.6.